The van der Waals surface area contributed by atoms with Crippen molar-refractivity contribution in [2.75, 3.05) is 65.5 Å². The number of hydrazine groups is 1. The molecule has 6 heterocycles. The molecule has 352 valence electrons. The third-order valence-electron chi connectivity index (χ3n) is 12.4. The van der Waals surface area contributed by atoms with Gasteiger partial charge < -0.3 is 38.6 Å². The second kappa shape index (κ2) is 19.8. The number of aromatic nitrogens is 3. The zero-order chi connectivity index (χ0) is 46.8. The lowest BCUT2D eigenvalue weighted by molar-refractivity contribution is -0.150. The fourth-order valence-electron chi connectivity index (χ4n) is 9.08. The van der Waals surface area contributed by atoms with Crippen LogP contribution in [0.1, 0.15) is 95.7 Å². The average molecular weight is 915 g/mol. The highest BCUT2D eigenvalue weighted by molar-refractivity contribution is 7.10. The van der Waals surface area contributed by atoms with Crippen molar-refractivity contribution in [1.82, 2.24) is 35.2 Å². The maximum Gasteiger partial charge on any atom is 0.408 e. The van der Waals surface area contributed by atoms with Crippen molar-refractivity contribution in [1.29, 1.82) is 0 Å². The number of aryl methyl sites for hydroxylation is 2. The van der Waals surface area contributed by atoms with Crippen LogP contribution >= 0.6 is 11.3 Å². The number of anilines is 1. The van der Waals surface area contributed by atoms with Crippen LogP contribution in [0.4, 0.5) is 10.5 Å². The van der Waals surface area contributed by atoms with Crippen molar-refractivity contribution in [3.63, 3.8) is 0 Å². The molecule has 2 amide bonds. The first kappa shape index (κ1) is 47.9. The van der Waals surface area contributed by atoms with Gasteiger partial charge in [0.15, 0.2) is 0 Å². The Balaban J connectivity index is 1.31. The van der Waals surface area contributed by atoms with Crippen molar-refractivity contribution >= 4 is 51.9 Å². The summed E-state index contributed by atoms with van der Waals surface area (Å²) in [4.78, 5) is 66.8. The first-order valence-electron chi connectivity index (χ1n) is 22.7. The highest BCUT2D eigenvalue weighted by Gasteiger charge is 2.36. The summed E-state index contributed by atoms with van der Waals surface area (Å²) in [5.41, 5.74) is 11.1. The molecule has 3 aliphatic heterocycles. The first-order chi connectivity index (χ1) is 30.8. The van der Waals surface area contributed by atoms with E-state index >= 15 is 0 Å². The van der Waals surface area contributed by atoms with Gasteiger partial charge in [0.05, 0.1) is 59.3 Å². The number of pyridine rings is 1. The lowest BCUT2D eigenvalue weighted by Crippen LogP contribution is -2.60. The summed E-state index contributed by atoms with van der Waals surface area (Å²) in [6, 6.07) is 5.05. The summed E-state index contributed by atoms with van der Waals surface area (Å²) in [5.74, 6) is -1.18. The second-order valence-corrected chi connectivity index (χ2v) is 20.3. The van der Waals surface area contributed by atoms with E-state index in [2.05, 4.69) is 64.2 Å². The molecule has 0 unspecified atom stereocenters. The van der Waals surface area contributed by atoms with Crippen LogP contribution in [0.15, 0.2) is 29.8 Å². The van der Waals surface area contributed by atoms with Gasteiger partial charge in [0.25, 0.3) is 5.91 Å². The van der Waals surface area contributed by atoms with Crippen LogP contribution in [0.25, 0.3) is 33.4 Å². The number of nitrogens with zero attached hydrogens (tertiary/aromatic N) is 6. The number of alkyl carbamates (subject to hydrolysis) is 1. The van der Waals surface area contributed by atoms with Crippen LogP contribution in [0.2, 0.25) is 0 Å². The molecule has 2 N–H and O–H groups in total. The number of nitrogens with one attached hydrogen (secondary N) is 2. The van der Waals surface area contributed by atoms with Crippen LogP contribution in [-0.2, 0) is 59.1 Å². The van der Waals surface area contributed by atoms with E-state index in [-0.39, 0.29) is 25.1 Å². The van der Waals surface area contributed by atoms with Gasteiger partial charge in [-0.05, 0) is 96.2 Å². The van der Waals surface area contributed by atoms with Crippen LogP contribution in [0.3, 0.4) is 0 Å². The molecule has 0 aliphatic carbocycles. The van der Waals surface area contributed by atoms with Gasteiger partial charge in [0.1, 0.15) is 17.7 Å². The second-order valence-electron chi connectivity index (χ2n) is 19.4. The number of hydrogen-bond acceptors (Lipinski definition) is 14. The largest absolute Gasteiger partial charge is 0.468 e. The minimum Gasteiger partial charge on any atom is -0.468 e. The van der Waals surface area contributed by atoms with E-state index in [9.17, 15) is 19.2 Å². The maximum atomic E-state index is 14.1. The molecule has 0 spiro atoms. The number of piperazine rings is 1. The third-order valence-corrected chi connectivity index (χ3v) is 13.3. The Labute approximate surface area is 386 Å². The summed E-state index contributed by atoms with van der Waals surface area (Å²) in [5, 5.41) is 7.94. The molecule has 2 fully saturated rings. The summed E-state index contributed by atoms with van der Waals surface area (Å²) in [6.45, 7) is 18.2. The summed E-state index contributed by atoms with van der Waals surface area (Å²) < 4.78 is 24.6. The fourth-order valence-corrected chi connectivity index (χ4v) is 9.93. The number of carbonyl (C=O) groups is 4. The molecular weight excluding hydrogens is 849 g/mol. The van der Waals surface area contributed by atoms with Crippen molar-refractivity contribution in [3.05, 3.63) is 51.6 Å². The SMILES string of the molecule is COC(=O)[C@@H]1CCCN(C(=O)[C@H](Cc2nc(-c3cc4c5c(c3)c(CC(C)(C)COC(C)=O)c(-c3cc(N6CCN(C)CC6)cnc3[C@H](C)OC)n5CCC4)cs2)NC(=O)OC(C)(C)C)N1. The van der Waals surface area contributed by atoms with E-state index in [4.69, 9.17) is 28.9 Å². The smallest absolute Gasteiger partial charge is 0.408 e. The molecule has 2 saturated heterocycles. The molecule has 3 atom stereocenters. The Morgan fingerprint density at radius 2 is 1.75 bits per heavy atom. The zero-order valence-electron chi connectivity index (χ0n) is 39.7. The Bertz CT molecular complexity index is 2400. The molecule has 3 aliphatic rings. The van der Waals surface area contributed by atoms with E-state index in [0.717, 1.165) is 90.4 Å². The zero-order valence-corrected chi connectivity index (χ0v) is 40.5. The Morgan fingerprint density at radius 1 is 1.00 bits per heavy atom. The molecular formula is C48H66N8O8S. The van der Waals surface area contributed by atoms with Gasteiger partial charge in [-0.25, -0.2) is 15.2 Å². The van der Waals surface area contributed by atoms with Gasteiger partial charge in [-0.1, -0.05) is 13.8 Å². The third kappa shape index (κ3) is 11.1. The predicted octanol–water partition coefficient (Wildman–Crippen LogP) is 6.47. The van der Waals surface area contributed by atoms with Crippen molar-refractivity contribution in [3.8, 4) is 22.5 Å². The first-order valence-corrected chi connectivity index (χ1v) is 23.6. The number of carbonyl (C=O) groups excluding carboxylic acids is 4. The Kier molecular flexibility index (Phi) is 14.6. The van der Waals surface area contributed by atoms with Gasteiger partial charge in [0, 0.05) is 87.0 Å². The minimum atomic E-state index is -1.03. The van der Waals surface area contributed by atoms with Gasteiger partial charge in [-0.15, -0.1) is 11.3 Å². The summed E-state index contributed by atoms with van der Waals surface area (Å²) >= 11 is 1.42. The van der Waals surface area contributed by atoms with Gasteiger partial charge in [-0.2, -0.15) is 0 Å². The lowest BCUT2D eigenvalue weighted by Gasteiger charge is -2.34. The van der Waals surface area contributed by atoms with E-state index < -0.39 is 41.1 Å². The highest BCUT2D eigenvalue weighted by Crippen LogP contribution is 2.45. The lowest BCUT2D eigenvalue weighted by atomic mass is 9.84. The topological polar surface area (TPSA) is 170 Å². The fraction of sp³-hybridized carbons (Fsp3) is 0.583. The molecule has 0 saturated carbocycles. The molecule has 4 aromatic rings. The van der Waals surface area contributed by atoms with Gasteiger partial charge in [0.2, 0.25) is 0 Å². The molecule has 3 aromatic heterocycles. The van der Waals surface area contributed by atoms with Crippen LogP contribution in [0, 0.1) is 5.41 Å². The van der Waals surface area contributed by atoms with Crippen molar-refractivity contribution in [2.24, 2.45) is 5.41 Å². The molecule has 17 heteroatoms. The van der Waals surface area contributed by atoms with E-state index in [0.29, 0.717) is 30.8 Å². The van der Waals surface area contributed by atoms with Gasteiger partial charge >= 0.3 is 18.0 Å². The van der Waals surface area contributed by atoms with E-state index in [1.807, 2.05) is 18.5 Å². The number of rotatable bonds is 14. The number of ether oxygens (including phenoxy) is 4. The van der Waals surface area contributed by atoms with Crippen LogP contribution < -0.4 is 15.6 Å². The summed E-state index contributed by atoms with van der Waals surface area (Å²) in [7, 11) is 5.19. The molecule has 16 nitrogen and oxygen atoms in total. The van der Waals surface area contributed by atoms with Crippen molar-refractivity contribution in [2.45, 2.75) is 117 Å². The maximum absolute atomic E-state index is 14.1. The number of benzene rings is 1. The molecule has 1 aromatic carbocycles. The number of amides is 2. The van der Waals surface area contributed by atoms with Gasteiger partial charge in [-0.3, -0.25) is 24.4 Å². The van der Waals surface area contributed by atoms with Crippen molar-refractivity contribution < 1.29 is 38.1 Å². The minimum absolute atomic E-state index is 0.103. The highest BCUT2D eigenvalue weighted by atomic mass is 32.1. The number of esters is 2. The number of hydrogen-bond donors (Lipinski definition) is 2. The van der Waals surface area contributed by atoms with Crippen LogP contribution in [0.5, 0.6) is 0 Å². The monoisotopic (exact) mass is 914 g/mol. The Hall–Kier alpha value is -5.10. The van der Waals surface area contributed by atoms with Crippen LogP contribution in [-0.4, -0.2) is 127 Å². The number of thiazole rings is 1. The number of likely N-dealkylation sites (N-methyl/N-ethyl adjacent to an activating group) is 1. The molecule has 0 bridgehead atoms. The standard InChI is InChI=1S/C48H66N8O8S/c1-29(61-9)41-35(23-33(26-49-41)54-19-17-53(8)18-20-54)43-36(25-48(6,7)28-63-30(2)57)34-22-32(21-31-13-11-15-55(43)42(31)34)39-27-65-40(50-39)24-38(51-46(60)64-47(3,4)5)44(58)56-16-12-14-37(52-56)45(59)62-10/h21-23,26-27,29,37-38,52H,11-20,24-25,28H2,1-10H3,(H,51,60)/t29-,37-,38-/m0/s1. The molecule has 7 rings (SSSR count). The molecule has 65 heavy (non-hydrogen) atoms. The molecule has 0 radical (unpaired) electrons. The quantitative estimate of drug-likeness (QED) is 0.104. The van der Waals surface area contributed by atoms with E-state index in [1.54, 1.807) is 27.9 Å². The average Bonchev–Trinajstić information content (AvgIpc) is 3.86. The predicted molar refractivity (Wildman–Crippen MR) is 251 cm³/mol. The Morgan fingerprint density at radius 3 is 2.45 bits per heavy atom. The summed E-state index contributed by atoms with van der Waals surface area (Å²) in [6.07, 6.45) is 4.63. The normalized spacial score (nSPS) is 18.0. The van der Waals surface area contributed by atoms with E-state index in [1.165, 1.54) is 41.5 Å². The number of methoxy groups -OCH3 is 2.